The zero-order chi connectivity index (χ0) is 17.2. The van der Waals surface area contributed by atoms with E-state index in [4.69, 9.17) is 4.74 Å². The molecule has 1 aromatic heterocycles. The summed E-state index contributed by atoms with van der Waals surface area (Å²) in [5.41, 5.74) is 5.19. The molecule has 0 saturated carbocycles. The van der Waals surface area contributed by atoms with Crippen molar-refractivity contribution in [2.24, 2.45) is 0 Å². The molecule has 0 bridgehead atoms. The first-order valence-corrected chi connectivity index (χ1v) is 9.06. The number of rotatable bonds is 5. The Morgan fingerprint density at radius 3 is 2.84 bits per heavy atom. The molecule has 0 aliphatic carbocycles. The van der Waals surface area contributed by atoms with E-state index in [1.54, 1.807) is 10.9 Å². The fourth-order valence-corrected chi connectivity index (χ4v) is 3.96. The maximum Gasteiger partial charge on any atom is 0.0647 e. The number of fused-ring (bicyclic) bond motifs is 1. The molecule has 5 nitrogen and oxygen atoms in total. The van der Waals surface area contributed by atoms with E-state index < -0.39 is 0 Å². The number of hydrogen-bond donors (Lipinski definition) is 0. The van der Waals surface area contributed by atoms with Crippen molar-refractivity contribution in [2.75, 3.05) is 44.3 Å². The Labute approximate surface area is 149 Å². The highest BCUT2D eigenvalue weighted by atomic mass is 16.5. The Bertz CT molecular complexity index is 748. The van der Waals surface area contributed by atoms with Crippen molar-refractivity contribution in [1.82, 2.24) is 14.7 Å². The van der Waals surface area contributed by atoms with E-state index >= 15 is 0 Å². The monoisotopic (exact) mass is 338 g/mol. The number of anilines is 1. The average Bonchev–Trinajstić information content (AvgIpc) is 3.17. The van der Waals surface area contributed by atoms with Crippen LogP contribution in [-0.2, 0) is 11.3 Å². The second-order valence-corrected chi connectivity index (χ2v) is 6.95. The summed E-state index contributed by atoms with van der Waals surface area (Å²) in [6.07, 6.45) is 3.83. The van der Waals surface area contributed by atoms with Gasteiger partial charge in [0.25, 0.3) is 0 Å². The number of morpholine rings is 1. The lowest BCUT2D eigenvalue weighted by atomic mass is 10.0. The summed E-state index contributed by atoms with van der Waals surface area (Å²) in [6, 6.07) is 8.85. The lowest BCUT2D eigenvalue weighted by Gasteiger charge is -2.29. The Hall–Kier alpha value is -2.11. The van der Waals surface area contributed by atoms with Crippen LogP contribution in [0.25, 0.3) is 6.20 Å². The topological polar surface area (TPSA) is 33.5 Å². The molecule has 1 fully saturated rings. The van der Waals surface area contributed by atoms with Crippen molar-refractivity contribution in [3.8, 4) is 0 Å². The van der Waals surface area contributed by atoms with E-state index in [-0.39, 0.29) is 0 Å². The summed E-state index contributed by atoms with van der Waals surface area (Å²) in [6.45, 7) is 12.8. The minimum atomic E-state index is 0.559. The fourth-order valence-electron chi connectivity index (χ4n) is 3.96. The van der Waals surface area contributed by atoms with Crippen molar-refractivity contribution < 1.29 is 4.74 Å². The smallest absolute Gasteiger partial charge is 0.0647 e. The van der Waals surface area contributed by atoms with Gasteiger partial charge in [0.05, 0.1) is 18.9 Å². The van der Waals surface area contributed by atoms with Crippen LogP contribution in [0.3, 0.4) is 0 Å². The van der Waals surface area contributed by atoms with Crippen LogP contribution in [0.5, 0.6) is 0 Å². The molecule has 5 heteroatoms. The molecule has 4 rings (SSSR count). The summed E-state index contributed by atoms with van der Waals surface area (Å²) in [5, 5.41) is 4.49. The minimum Gasteiger partial charge on any atom is -0.379 e. The molecule has 2 aliphatic rings. The van der Waals surface area contributed by atoms with Crippen LogP contribution in [0.15, 0.2) is 37.0 Å². The zero-order valence-electron chi connectivity index (χ0n) is 14.9. The van der Waals surface area contributed by atoms with E-state index in [0.717, 1.165) is 51.6 Å². The van der Waals surface area contributed by atoms with Crippen molar-refractivity contribution in [3.05, 3.63) is 53.9 Å². The SMILES string of the molecule is C=Cn1cc(CN2C[C@@H](CN3CCOCC3)c3ccccc32)c(C)n1. The van der Waals surface area contributed by atoms with Crippen LogP contribution in [0.4, 0.5) is 5.69 Å². The second kappa shape index (κ2) is 7.02. The van der Waals surface area contributed by atoms with Gasteiger partial charge in [-0.25, -0.2) is 4.68 Å². The number of aryl methyl sites for hydroxylation is 1. The van der Waals surface area contributed by atoms with Gasteiger partial charge >= 0.3 is 0 Å². The van der Waals surface area contributed by atoms with Crippen LogP contribution in [0, 0.1) is 6.92 Å². The minimum absolute atomic E-state index is 0.559. The number of para-hydroxylation sites is 1. The zero-order valence-corrected chi connectivity index (χ0v) is 14.9. The van der Waals surface area contributed by atoms with Gasteiger partial charge in [-0.3, -0.25) is 4.90 Å². The normalized spacial score (nSPS) is 20.7. The van der Waals surface area contributed by atoms with Crippen LogP contribution in [-0.4, -0.2) is 54.1 Å². The van der Waals surface area contributed by atoms with Gasteiger partial charge in [-0.05, 0) is 18.6 Å². The maximum absolute atomic E-state index is 5.49. The van der Waals surface area contributed by atoms with Gasteiger partial charge in [0.15, 0.2) is 0 Å². The molecule has 132 valence electrons. The Morgan fingerprint density at radius 2 is 2.08 bits per heavy atom. The van der Waals surface area contributed by atoms with Crippen molar-refractivity contribution in [1.29, 1.82) is 0 Å². The van der Waals surface area contributed by atoms with Gasteiger partial charge in [0.1, 0.15) is 0 Å². The maximum atomic E-state index is 5.49. The van der Waals surface area contributed by atoms with E-state index in [1.165, 1.54) is 16.8 Å². The second-order valence-electron chi connectivity index (χ2n) is 6.95. The third kappa shape index (κ3) is 3.34. The first kappa shape index (κ1) is 16.4. The number of benzene rings is 1. The lowest BCUT2D eigenvalue weighted by molar-refractivity contribution is 0.0356. The van der Waals surface area contributed by atoms with Gasteiger partial charge in [-0.2, -0.15) is 5.10 Å². The Balaban J connectivity index is 1.53. The highest BCUT2D eigenvalue weighted by Gasteiger charge is 2.30. The van der Waals surface area contributed by atoms with Gasteiger partial charge in [-0.15, -0.1) is 0 Å². The summed E-state index contributed by atoms with van der Waals surface area (Å²) in [7, 11) is 0. The summed E-state index contributed by atoms with van der Waals surface area (Å²) in [5.74, 6) is 0.559. The molecular formula is C20H26N4O. The van der Waals surface area contributed by atoms with E-state index in [1.807, 2.05) is 0 Å². The van der Waals surface area contributed by atoms with Gasteiger partial charge in [0, 0.05) is 62.3 Å². The van der Waals surface area contributed by atoms with E-state index in [0.29, 0.717) is 5.92 Å². The molecule has 0 amide bonds. The van der Waals surface area contributed by atoms with Crippen LogP contribution in [0.1, 0.15) is 22.7 Å². The third-order valence-electron chi connectivity index (χ3n) is 5.31. The number of aromatic nitrogens is 2. The first-order chi connectivity index (χ1) is 12.2. The van der Waals surface area contributed by atoms with Gasteiger partial charge in [-0.1, -0.05) is 24.8 Å². The largest absolute Gasteiger partial charge is 0.379 e. The predicted molar refractivity (Wildman–Crippen MR) is 101 cm³/mol. The molecule has 3 heterocycles. The molecule has 0 N–H and O–H groups in total. The Kier molecular flexibility index (Phi) is 4.59. The Morgan fingerprint density at radius 1 is 1.28 bits per heavy atom. The first-order valence-electron chi connectivity index (χ1n) is 9.06. The van der Waals surface area contributed by atoms with Crippen LogP contribution >= 0.6 is 0 Å². The molecule has 0 unspecified atom stereocenters. The highest BCUT2D eigenvalue weighted by Crippen LogP contribution is 2.37. The average molecular weight is 338 g/mol. The lowest BCUT2D eigenvalue weighted by Crippen LogP contribution is -2.39. The molecule has 2 aromatic rings. The highest BCUT2D eigenvalue weighted by molar-refractivity contribution is 5.60. The third-order valence-corrected chi connectivity index (χ3v) is 5.31. The summed E-state index contributed by atoms with van der Waals surface area (Å²) in [4.78, 5) is 5.04. The predicted octanol–water partition coefficient (Wildman–Crippen LogP) is 2.73. The molecule has 1 saturated heterocycles. The van der Waals surface area contributed by atoms with Crippen LogP contribution < -0.4 is 4.90 Å². The number of nitrogens with zero attached hydrogens (tertiary/aromatic N) is 4. The standard InChI is InChI=1S/C20H26N4O/c1-3-24-15-17(16(2)21-24)13-23-14-18(12-22-8-10-25-11-9-22)19-6-4-5-7-20(19)23/h3-7,15,18H,1,8-14H2,2H3/t18-/m1/s1. The quantitative estimate of drug-likeness (QED) is 0.839. The molecule has 0 radical (unpaired) electrons. The molecule has 1 aromatic carbocycles. The molecule has 0 spiro atoms. The summed E-state index contributed by atoms with van der Waals surface area (Å²) >= 11 is 0. The van der Waals surface area contributed by atoms with Gasteiger partial charge in [0.2, 0.25) is 0 Å². The van der Waals surface area contributed by atoms with Crippen molar-refractivity contribution in [3.63, 3.8) is 0 Å². The molecular weight excluding hydrogens is 312 g/mol. The van der Waals surface area contributed by atoms with E-state index in [9.17, 15) is 0 Å². The molecule has 1 atom stereocenters. The molecule has 2 aliphatic heterocycles. The molecule has 25 heavy (non-hydrogen) atoms. The summed E-state index contributed by atoms with van der Waals surface area (Å²) < 4.78 is 7.29. The van der Waals surface area contributed by atoms with Crippen molar-refractivity contribution >= 4 is 11.9 Å². The number of ether oxygens (including phenoxy) is 1. The number of hydrogen-bond acceptors (Lipinski definition) is 4. The van der Waals surface area contributed by atoms with E-state index in [2.05, 4.69) is 58.9 Å². The van der Waals surface area contributed by atoms with Crippen LogP contribution in [0.2, 0.25) is 0 Å². The van der Waals surface area contributed by atoms with Crippen molar-refractivity contribution in [2.45, 2.75) is 19.4 Å². The van der Waals surface area contributed by atoms with Gasteiger partial charge < -0.3 is 9.64 Å². The fraction of sp³-hybridized carbons (Fsp3) is 0.450.